The Bertz CT molecular complexity index is 435. The molecule has 5 heteroatoms. The van der Waals surface area contributed by atoms with Gasteiger partial charge in [0.1, 0.15) is 0 Å². The summed E-state index contributed by atoms with van der Waals surface area (Å²) in [5.41, 5.74) is -0.865. The Hall–Kier alpha value is -0.520. The first-order valence-corrected chi connectivity index (χ1v) is 7.96. The Kier molecular flexibility index (Phi) is 6.36. The molecule has 0 spiro atoms. The highest BCUT2D eigenvalue weighted by Crippen LogP contribution is 2.21. The second-order valence-electron chi connectivity index (χ2n) is 5.03. The number of amides is 1. The molecule has 2 N–H and O–H groups in total. The predicted octanol–water partition coefficient (Wildman–Crippen LogP) is 3.06. The van der Waals surface area contributed by atoms with Gasteiger partial charge < -0.3 is 10.4 Å². The monoisotopic (exact) mass is 345 g/mol. The van der Waals surface area contributed by atoms with Gasteiger partial charge in [0.05, 0.1) is 11.4 Å². The number of nitrogens with one attached hydrogen (secondary N) is 1. The third-order valence-electron chi connectivity index (χ3n) is 3.05. The minimum Gasteiger partial charge on any atom is -0.388 e. The van der Waals surface area contributed by atoms with E-state index in [0.29, 0.717) is 5.75 Å². The van der Waals surface area contributed by atoms with Gasteiger partial charge in [-0.1, -0.05) is 35.8 Å². The van der Waals surface area contributed by atoms with Gasteiger partial charge in [-0.15, -0.1) is 11.8 Å². The van der Waals surface area contributed by atoms with Crippen molar-refractivity contribution < 1.29 is 9.90 Å². The largest absolute Gasteiger partial charge is 0.388 e. The van der Waals surface area contributed by atoms with Crippen molar-refractivity contribution in [2.45, 2.75) is 31.3 Å². The van der Waals surface area contributed by atoms with Crippen LogP contribution in [0, 0.1) is 5.92 Å². The average molecular weight is 346 g/mol. The van der Waals surface area contributed by atoms with Gasteiger partial charge >= 0.3 is 0 Å². The fourth-order valence-electron chi connectivity index (χ4n) is 1.24. The summed E-state index contributed by atoms with van der Waals surface area (Å²) < 4.78 is 1.00. The molecule has 1 amide bonds. The van der Waals surface area contributed by atoms with Crippen LogP contribution in [0.2, 0.25) is 0 Å². The average Bonchev–Trinajstić information content (AvgIpc) is 2.34. The van der Waals surface area contributed by atoms with Gasteiger partial charge in [-0.05, 0) is 31.0 Å². The highest BCUT2D eigenvalue weighted by Gasteiger charge is 2.25. The zero-order valence-electron chi connectivity index (χ0n) is 11.4. The zero-order valence-corrected chi connectivity index (χ0v) is 13.8. The fraction of sp³-hybridized carbons (Fsp3) is 0.500. The van der Waals surface area contributed by atoms with Crippen LogP contribution in [0.3, 0.4) is 0 Å². The highest BCUT2D eigenvalue weighted by molar-refractivity contribution is 9.10. The lowest BCUT2D eigenvalue weighted by molar-refractivity contribution is -0.120. The smallest absolute Gasteiger partial charge is 0.230 e. The molecule has 0 radical (unpaired) electrons. The van der Waals surface area contributed by atoms with Crippen LogP contribution in [0.15, 0.2) is 33.6 Å². The van der Waals surface area contributed by atoms with Gasteiger partial charge in [0, 0.05) is 15.9 Å². The van der Waals surface area contributed by atoms with Crippen molar-refractivity contribution in [1.29, 1.82) is 0 Å². The van der Waals surface area contributed by atoms with E-state index in [0.717, 1.165) is 9.37 Å². The Morgan fingerprint density at radius 1 is 1.53 bits per heavy atom. The van der Waals surface area contributed by atoms with E-state index in [-0.39, 0.29) is 18.4 Å². The molecule has 106 valence electrons. The highest BCUT2D eigenvalue weighted by atomic mass is 79.9. The maximum absolute atomic E-state index is 11.7. The zero-order chi connectivity index (χ0) is 14.5. The molecule has 3 nitrogen and oxygen atoms in total. The lowest BCUT2D eigenvalue weighted by Gasteiger charge is -2.27. The van der Waals surface area contributed by atoms with E-state index in [2.05, 4.69) is 21.2 Å². The Balaban J connectivity index is 2.36. The maximum atomic E-state index is 11.7. The van der Waals surface area contributed by atoms with E-state index < -0.39 is 5.60 Å². The van der Waals surface area contributed by atoms with E-state index in [1.165, 1.54) is 11.8 Å². The lowest BCUT2D eigenvalue weighted by Crippen LogP contribution is -2.44. The molecular weight excluding hydrogens is 326 g/mol. The molecular formula is C14H20BrNO2S. The molecule has 1 unspecified atom stereocenters. The molecule has 0 aliphatic rings. The van der Waals surface area contributed by atoms with Crippen LogP contribution in [-0.4, -0.2) is 28.9 Å². The van der Waals surface area contributed by atoms with Crippen LogP contribution in [0.5, 0.6) is 0 Å². The summed E-state index contributed by atoms with van der Waals surface area (Å²) in [4.78, 5) is 12.8. The first-order chi connectivity index (χ1) is 8.81. The second kappa shape index (κ2) is 7.31. The van der Waals surface area contributed by atoms with Gasteiger partial charge in [0.15, 0.2) is 0 Å². The van der Waals surface area contributed by atoms with Crippen LogP contribution in [-0.2, 0) is 4.79 Å². The molecule has 19 heavy (non-hydrogen) atoms. The summed E-state index contributed by atoms with van der Waals surface area (Å²) in [7, 11) is 0. The molecule has 0 aliphatic carbocycles. The lowest BCUT2D eigenvalue weighted by atomic mass is 9.93. The van der Waals surface area contributed by atoms with Gasteiger partial charge in [0.2, 0.25) is 5.91 Å². The van der Waals surface area contributed by atoms with Gasteiger partial charge in [-0.3, -0.25) is 4.79 Å². The van der Waals surface area contributed by atoms with Crippen LogP contribution in [0.1, 0.15) is 20.8 Å². The summed E-state index contributed by atoms with van der Waals surface area (Å²) in [5, 5.41) is 12.8. The minimum absolute atomic E-state index is 0.0640. The van der Waals surface area contributed by atoms with E-state index in [9.17, 15) is 9.90 Å². The number of halogens is 1. The summed E-state index contributed by atoms with van der Waals surface area (Å²) >= 11 is 4.87. The van der Waals surface area contributed by atoms with Crippen molar-refractivity contribution in [2.75, 3.05) is 12.3 Å². The van der Waals surface area contributed by atoms with Crippen molar-refractivity contribution in [3.63, 3.8) is 0 Å². The van der Waals surface area contributed by atoms with Crippen LogP contribution >= 0.6 is 27.7 Å². The number of hydrogen-bond donors (Lipinski definition) is 2. The molecule has 1 rings (SSSR count). The number of aliphatic hydroxyl groups is 1. The summed E-state index contributed by atoms with van der Waals surface area (Å²) in [6.07, 6.45) is 0. The van der Waals surface area contributed by atoms with Gasteiger partial charge in [-0.25, -0.2) is 0 Å². The standard InChI is InChI=1S/C14H20BrNO2S/c1-10(2)14(3,18)9-16-13(17)8-19-12-6-4-5-11(15)7-12/h4-7,10,18H,8-9H2,1-3H3,(H,16,17). The Morgan fingerprint density at radius 2 is 2.21 bits per heavy atom. The fourth-order valence-corrected chi connectivity index (χ4v) is 2.57. The van der Waals surface area contributed by atoms with Crippen LogP contribution in [0.4, 0.5) is 0 Å². The molecule has 0 saturated heterocycles. The second-order valence-corrected chi connectivity index (χ2v) is 7.00. The topological polar surface area (TPSA) is 49.3 Å². The van der Waals surface area contributed by atoms with Gasteiger partial charge in [0.25, 0.3) is 0 Å². The van der Waals surface area contributed by atoms with Gasteiger partial charge in [-0.2, -0.15) is 0 Å². The van der Waals surface area contributed by atoms with Crippen LogP contribution in [0.25, 0.3) is 0 Å². The maximum Gasteiger partial charge on any atom is 0.230 e. The molecule has 1 aromatic carbocycles. The first kappa shape index (κ1) is 16.5. The van der Waals surface area contributed by atoms with Crippen molar-refractivity contribution in [2.24, 2.45) is 5.92 Å². The van der Waals surface area contributed by atoms with Crippen molar-refractivity contribution in [1.82, 2.24) is 5.32 Å². The molecule has 0 fully saturated rings. The van der Waals surface area contributed by atoms with E-state index >= 15 is 0 Å². The number of carbonyl (C=O) groups is 1. The van der Waals surface area contributed by atoms with Crippen molar-refractivity contribution >= 4 is 33.6 Å². The minimum atomic E-state index is -0.865. The molecule has 0 bridgehead atoms. The molecule has 0 saturated carbocycles. The normalized spacial score (nSPS) is 14.2. The first-order valence-electron chi connectivity index (χ1n) is 6.18. The molecule has 0 aromatic heterocycles. The third kappa shape index (κ3) is 5.97. The summed E-state index contributed by atoms with van der Waals surface area (Å²) in [6.45, 7) is 5.88. The number of benzene rings is 1. The summed E-state index contributed by atoms with van der Waals surface area (Å²) in [6, 6.07) is 7.83. The number of hydrogen-bond acceptors (Lipinski definition) is 3. The third-order valence-corrected chi connectivity index (χ3v) is 4.54. The number of carbonyl (C=O) groups excluding carboxylic acids is 1. The Morgan fingerprint density at radius 3 is 2.79 bits per heavy atom. The number of thioether (sulfide) groups is 1. The van der Waals surface area contributed by atoms with Crippen molar-refractivity contribution in [3.8, 4) is 0 Å². The van der Waals surface area contributed by atoms with E-state index in [1.54, 1.807) is 6.92 Å². The molecule has 0 heterocycles. The SMILES string of the molecule is CC(C)C(C)(O)CNC(=O)CSc1cccc(Br)c1. The molecule has 1 atom stereocenters. The molecule has 0 aliphatic heterocycles. The van der Waals surface area contributed by atoms with Crippen LogP contribution < -0.4 is 5.32 Å². The predicted molar refractivity (Wildman–Crippen MR) is 83.3 cm³/mol. The quantitative estimate of drug-likeness (QED) is 0.779. The van der Waals surface area contributed by atoms with E-state index in [4.69, 9.17) is 0 Å². The Labute approximate surface area is 127 Å². The molecule has 1 aromatic rings. The number of rotatable bonds is 6. The van der Waals surface area contributed by atoms with Crippen molar-refractivity contribution in [3.05, 3.63) is 28.7 Å². The summed E-state index contributed by atoms with van der Waals surface area (Å²) in [5.74, 6) is 0.390. The van der Waals surface area contributed by atoms with E-state index in [1.807, 2.05) is 38.1 Å².